The zero-order valence-electron chi connectivity index (χ0n) is 17.8. The van der Waals surface area contributed by atoms with Crippen LogP contribution in [0.1, 0.15) is 35.4 Å². The Labute approximate surface area is 175 Å². The van der Waals surface area contributed by atoms with Crippen molar-refractivity contribution >= 4 is 16.7 Å². The zero-order valence-corrected chi connectivity index (χ0v) is 17.8. The topological polar surface area (TPSA) is 78.2 Å². The fraction of sp³-hybridized carbons (Fsp3) is 0.435. The molecular weight excluding hydrogens is 380 g/mol. The van der Waals surface area contributed by atoms with Gasteiger partial charge < -0.3 is 14.6 Å². The van der Waals surface area contributed by atoms with Crippen LogP contribution in [0.3, 0.4) is 0 Å². The summed E-state index contributed by atoms with van der Waals surface area (Å²) in [4.78, 5) is 25.4. The minimum absolute atomic E-state index is 0.0711. The molecule has 7 heteroatoms. The summed E-state index contributed by atoms with van der Waals surface area (Å²) in [5.41, 5.74) is 4.05. The maximum Gasteiger partial charge on any atom is 0.276 e. The molecule has 158 valence electrons. The lowest BCUT2D eigenvalue weighted by Gasteiger charge is -2.11. The first-order valence-electron chi connectivity index (χ1n) is 10.4. The van der Waals surface area contributed by atoms with Crippen LogP contribution in [0.5, 0.6) is 0 Å². The predicted molar refractivity (Wildman–Crippen MR) is 116 cm³/mol. The molecular formula is C23H28N4O3. The summed E-state index contributed by atoms with van der Waals surface area (Å²) in [6.07, 6.45) is 3.74. The van der Waals surface area contributed by atoms with E-state index in [0.29, 0.717) is 18.5 Å². The molecule has 0 saturated carbocycles. The quantitative estimate of drug-likeness (QED) is 0.680. The molecule has 0 aliphatic carbocycles. The maximum absolute atomic E-state index is 13.1. The van der Waals surface area contributed by atoms with Crippen LogP contribution < -0.4 is 10.9 Å². The fourth-order valence-electron chi connectivity index (χ4n) is 4.10. The molecule has 30 heavy (non-hydrogen) atoms. The van der Waals surface area contributed by atoms with Crippen molar-refractivity contribution in [1.82, 2.24) is 19.7 Å². The number of fused-ring (bicyclic) bond motifs is 1. The van der Waals surface area contributed by atoms with Gasteiger partial charge in [-0.05, 0) is 39.2 Å². The van der Waals surface area contributed by atoms with Gasteiger partial charge in [-0.3, -0.25) is 9.59 Å². The number of ether oxygens (including phenoxy) is 1. The first kappa shape index (κ1) is 20.3. The minimum atomic E-state index is -0.233. The van der Waals surface area contributed by atoms with Crippen molar-refractivity contribution in [2.75, 3.05) is 13.2 Å². The predicted octanol–water partition coefficient (Wildman–Crippen LogP) is 2.47. The van der Waals surface area contributed by atoms with Crippen LogP contribution in [-0.4, -0.2) is 39.5 Å². The molecule has 1 aliphatic rings. The van der Waals surface area contributed by atoms with E-state index in [0.717, 1.165) is 36.2 Å². The highest BCUT2D eigenvalue weighted by Crippen LogP contribution is 2.23. The number of nitrogens with one attached hydrogen (secondary N) is 1. The third kappa shape index (κ3) is 4.03. The van der Waals surface area contributed by atoms with Gasteiger partial charge in [0.25, 0.3) is 5.56 Å². The van der Waals surface area contributed by atoms with Crippen molar-refractivity contribution in [3.63, 3.8) is 0 Å². The molecule has 2 aromatic heterocycles. The van der Waals surface area contributed by atoms with Crippen LogP contribution in [0.25, 0.3) is 10.8 Å². The molecule has 0 spiro atoms. The monoisotopic (exact) mass is 408 g/mol. The van der Waals surface area contributed by atoms with Gasteiger partial charge in [0.05, 0.1) is 17.7 Å². The lowest BCUT2D eigenvalue weighted by atomic mass is 10.1. The number of aromatic nitrogens is 3. The number of carbonyl (C=O) groups is 1. The summed E-state index contributed by atoms with van der Waals surface area (Å²) in [7, 11) is 0. The maximum atomic E-state index is 13.1. The van der Waals surface area contributed by atoms with Gasteiger partial charge in [-0.25, -0.2) is 4.68 Å². The first-order chi connectivity index (χ1) is 14.4. The van der Waals surface area contributed by atoms with Gasteiger partial charge in [0.1, 0.15) is 6.54 Å². The summed E-state index contributed by atoms with van der Waals surface area (Å²) in [6.45, 7) is 7.83. The number of hydrogen-bond acceptors (Lipinski definition) is 4. The van der Waals surface area contributed by atoms with E-state index in [9.17, 15) is 9.59 Å². The Bertz CT molecular complexity index is 1120. The molecule has 1 N–H and O–H groups in total. The van der Waals surface area contributed by atoms with E-state index in [1.807, 2.05) is 13.8 Å². The third-order valence-electron chi connectivity index (χ3n) is 5.91. The summed E-state index contributed by atoms with van der Waals surface area (Å²) < 4.78 is 8.91. The van der Waals surface area contributed by atoms with Crippen LogP contribution in [0, 0.1) is 20.8 Å². The van der Waals surface area contributed by atoms with Gasteiger partial charge in [0.2, 0.25) is 5.91 Å². The lowest BCUT2D eigenvalue weighted by Crippen LogP contribution is -2.37. The third-order valence-corrected chi connectivity index (χ3v) is 5.91. The van der Waals surface area contributed by atoms with Crippen LogP contribution in [0.2, 0.25) is 0 Å². The smallest absolute Gasteiger partial charge is 0.276 e. The van der Waals surface area contributed by atoms with E-state index in [2.05, 4.69) is 46.2 Å². The Morgan fingerprint density at radius 1 is 1.20 bits per heavy atom. The molecule has 0 bridgehead atoms. The summed E-state index contributed by atoms with van der Waals surface area (Å²) in [5.74, 6) is -0.229. The highest BCUT2D eigenvalue weighted by Gasteiger charge is 2.19. The highest BCUT2D eigenvalue weighted by molar-refractivity contribution is 5.87. The molecule has 1 saturated heterocycles. The van der Waals surface area contributed by atoms with Crippen molar-refractivity contribution in [2.45, 2.75) is 52.8 Å². The second-order valence-corrected chi connectivity index (χ2v) is 8.08. The van der Waals surface area contributed by atoms with Gasteiger partial charge in [-0.15, -0.1) is 0 Å². The largest absolute Gasteiger partial charge is 0.376 e. The number of nitrogens with zero attached hydrogens (tertiary/aromatic N) is 3. The van der Waals surface area contributed by atoms with Crippen LogP contribution in [-0.2, 0) is 22.6 Å². The average Bonchev–Trinajstić information content (AvgIpc) is 3.33. The summed E-state index contributed by atoms with van der Waals surface area (Å²) in [6, 6.07) is 8.39. The Hall–Kier alpha value is -2.93. The normalized spacial score (nSPS) is 16.3. The fourth-order valence-corrected chi connectivity index (χ4v) is 4.10. The molecule has 1 fully saturated rings. The highest BCUT2D eigenvalue weighted by atomic mass is 16.5. The summed E-state index contributed by atoms with van der Waals surface area (Å²) in [5, 5.41) is 8.57. The van der Waals surface area contributed by atoms with Crippen molar-refractivity contribution in [1.29, 1.82) is 0 Å². The minimum Gasteiger partial charge on any atom is -0.376 e. The Balaban J connectivity index is 1.57. The Kier molecular flexibility index (Phi) is 5.72. The average molecular weight is 409 g/mol. The molecule has 3 heterocycles. The van der Waals surface area contributed by atoms with E-state index in [4.69, 9.17) is 4.74 Å². The van der Waals surface area contributed by atoms with E-state index in [1.165, 1.54) is 15.8 Å². The van der Waals surface area contributed by atoms with E-state index in [-0.39, 0.29) is 24.1 Å². The SMILES string of the molecule is Cc1ccc(Cn2c(C)c3cnn(CC(=O)NCC4CCCO4)c(=O)c3c2C)cc1. The van der Waals surface area contributed by atoms with Crippen molar-refractivity contribution in [2.24, 2.45) is 0 Å². The van der Waals surface area contributed by atoms with Crippen molar-refractivity contribution in [3.05, 3.63) is 63.3 Å². The first-order valence-corrected chi connectivity index (χ1v) is 10.4. The van der Waals surface area contributed by atoms with Crippen LogP contribution in [0.15, 0.2) is 35.3 Å². The second-order valence-electron chi connectivity index (χ2n) is 8.08. The number of rotatable bonds is 6. The Morgan fingerprint density at radius 3 is 2.67 bits per heavy atom. The molecule has 1 aromatic carbocycles. The molecule has 0 radical (unpaired) electrons. The van der Waals surface area contributed by atoms with Gasteiger partial charge in [-0.2, -0.15) is 5.10 Å². The van der Waals surface area contributed by atoms with Gasteiger partial charge in [0, 0.05) is 36.5 Å². The molecule has 1 aliphatic heterocycles. The molecule has 1 unspecified atom stereocenters. The van der Waals surface area contributed by atoms with E-state index in [1.54, 1.807) is 6.20 Å². The number of benzene rings is 1. The number of amides is 1. The number of aryl methyl sites for hydroxylation is 3. The standard InChI is InChI=1S/C23H28N4O3/c1-15-6-8-18(9-7-15)13-26-16(2)20-12-25-27(23(29)22(20)17(26)3)14-21(28)24-11-19-5-4-10-30-19/h6-9,12,19H,4-5,10-11,13-14H2,1-3H3,(H,24,28). The molecule has 4 rings (SSSR count). The molecule has 1 amide bonds. The number of carbonyl (C=O) groups excluding carboxylic acids is 1. The number of hydrogen-bond donors (Lipinski definition) is 1. The summed E-state index contributed by atoms with van der Waals surface area (Å²) >= 11 is 0. The van der Waals surface area contributed by atoms with E-state index >= 15 is 0 Å². The van der Waals surface area contributed by atoms with Gasteiger partial charge >= 0.3 is 0 Å². The van der Waals surface area contributed by atoms with Gasteiger partial charge in [0.15, 0.2) is 0 Å². The molecule has 3 aromatic rings. The zero-order chi connectivity index (χ0) is 21.3. The molecule has 1 atom stereocenters. The van der Waals surface area contributed by atoms with E-state index < -0.39 is 0 Å². The second kappa shape index (κ2) is 8.44. The Morgan fingerprint density at radius 2 is 1.97 bits per heavy atom. The van der Waals surface area contributed by atoms with Crippen LogP contribution >= 0.6 is 0 Å². The lowest BCUT2D eigenvalue weighted by molar-refractivity contribution is -0.122. The van der Waals surface area contributed by atoms with Crippen molar-refractivity contribution < 1.29 is 9.53 Å². The van der Waals surface area contributed by atoms with Crippen molar-refractivity contribution in [3.8, 4) is 0 Å². The molecule has 7 nitrogen and oxygen atoms in total. The van der Waals surface area contributed by atoms with Gasteiger partial charge in [-0.1, -0.05) is 29.8 Å². The van der Waals surface area contributed by atoms with Crippen LogP contribution in [0.4, 0.5) is 0 Å².